The smallest absolute Gasteiger partial charge is 0.253 e. The molecule has 0 aliphatic carbocycles. The summed E-state index contributed by atoms with van der Waals surface area (Å²) in [5, 5.41) is 29.7. The van der Waals surface area contributed by atoms with E-state index in [4.69, 9.17) is 0 Å². The number of nitrogens with one attached hydrogen (secondary N) is 2. The molecule has 4 aromatic rings. The van der Waals surface area contributed by atoms with Crippen LogP contribution in [0.4, 0.5) is 0 Å². The predicted molar refractivity (Wildman–Crippen MR) is 168 cm³/mol. The molecule has 1 unspecified atom stereocenters. The molecule has 2 aromatic heterocycles. The highest BCUT2D eigenvalue weighted by Crippen LogP contribution is 2.16. The molecule has 0 aliphatic heterocycles. The van der Waals surface area contributed by atoms with Crippen molar-refractivity contribution in [3.8, 4) is 0 Å². The summed E-state index contributed by atoms with van der Waals surface area (Å²) in [7, 11) is 1.71. The lowest BCUT2D eigenvalue weighted by Crippen LogP contribution is -2.48. The van der Waals surface area contributed by atoms with Crippen LogP contribution in [-0.2, 0) is 19.5 Å². The second-order valence-corrected chi connectivity index (χ2v) is 11.7. The maximum Gasteiger partial charge on any atom is 0.253 e. The number of amides is 2. The van der Waals surface area contributed by atoms with Crippen molar-refractivity contribution in [2.24, 2.45) is 0 Å². The lowest BCUT2D eigenvalue weighted by Gasteiger charge is -2.25. The van der Waals surface area contributed by atoms with Gasteiger partial charge in [0, 0.05) is 67.3 Å². The number of carbonyl (C=O) groups excluding carboxylic acids is 2. The number of carbonyl (C=O) groups is 2. The lowest BCUT2D eigenvalue weighted by molar-refractivity contribution is 0.0784. The Labute approximate surface area is 256 Å². The number of aromatic nitrogens is 2. The maximum atomic E-state index is 13.4. The van der Waals surface area contributed by atoms with Gasteiger partial charge in [0.15, 0.2) is 0 Å². The third kappa shape index (κ3) is 9.26. The molecule has 3 atom stereocenters. The van der Waals surface area contributed by atoms with Crippen LogP contribution in [0.2, 0.25) is 0 Å². The standard InChI is InChI=1S/C33H39N5O4S/c1-22(20-39)28-12-25(15-34-17-28)16-35-18-30(40)29(13-24-8-5-4-6-9-24)37-32(41)26-10-7-11-27(14-26)33(42)38(3)19-31-36-23(2)21-43-31/h4-12,14-15,17,21-22,29-30,35,39-40H,13,16,18-20H2,1-3H3,(H,37,41)/t22?,29-,30+/m0/s1. The predicted octanol–water partition coefficient (Wildman–Crippen LogP) is 3.71. The number of benzene rings is 2. The van der Waals surface area contributed by atoms with Gasteiger partial charge in [-0.25, -0.2) is 4.98 Å². The average molecular weight is 602 g/mol. The van der Waals surface area contributed by atoms with Gasteiger partial charge in [0.1, 0.15) is 5.01 Å². The van der Waals surface area contributed by atoms with Crippen LogP contribution in [0, 0.1) is 6.92 Å². The first kappa shape index (κ1) is 32.0. The first-order valence-corrected chi connectivity index (χ1v) is 15.2. The number of thiazole rings is 1. The van der Waals surface area contributed by atoms with Crippen LogP contribution in [0.3, 0.4) is 0 Å². The Bertz CT molecular complexity index is 1500. The fourth-order valence-electron chi connectivity index (χ4n) is 4.65. The van der Waals surface area contributed by atoms with E-state index in [0.29, 0.717) is 30.6 Å². The van der Waals surface area contributed by atoms with Crippen molar-refractivity contribution in [1.29, 1.82) is 0 Å². The van der Waals surface area contributed by atoms with E-state index in [2.05, 4.69) is 20.6 Å². The molecule has 2 heterocycles. The first-order valence-electron chi connectivity index (χ1n) is 14.3. The van der Waals surface area contributed by atoms with Gasteiger partial charge >= 0.3 is 0 Å². The first-order chi connectivity index (χ1) is 20.7. The van der Waals surface area contributed by atoms with Crippen LogP contribution >= 0.6 is 11.3 Å². The largest absolute Gasteiger partial charge is 0.396 e. The summed E-state index contributed by atoms with van der Waals surface area (Å²) < 4.78 is 0. The van der Waals surface area contributed by atoms with Gasteiger partial charge < -0.3 is 25.7 Å². The molecule has 2 aromatic carbocycles. The van der Waals surface area contributed by atoms with Gasteiger partial charge in [0.2, 0.25) is 0 Å². The van der Waals surface area contributed by atoms with Gasteiger partial charge in [-0.15, -0.1) is 11.3 Å². The van der Waals surface area contributed by atoms with E-state index in [9.17, 15) is 19.8 Å². The third-order valence-corrected chi connectivity index (χ3v) is 8.13. The van der Waals surface area contributed by atoms with Crippen molar-refractivity contribution >= 4 is 23.2 Å². The summed E-state index contributed by atoms with van der Waals surface area (Å²) in [6.45, 7) is 4.98. The molecule has 10 heteroatoms. The topological polar surface area (TPSA) is 128 Å². The van der Waals surface area contributed by atoms with Crippen molar-refractivity contribution in [2.45, 2.75) is 51.4 Å². The van der Waals surface area contributed by atoms with Crippen LogP contribution in [0.15, 0.2) is 78.4 Å². The molecule has 226 valence electrons. The van der Waals surface area contributed by atoms with E-state index < -0.39 is 12.1 Å². The summed E-state index contributed by atoms with van der Waals surface area (Å²) in [4.78, 5) is 36.8. The molecule has 4 N–H and O–H groups in total. The Morgan fingerprint density at radius 2 is 1.79 bits per heavy atom. The minimum atomic E-state index is -0.894. The highest BCUT2D eigenvalue weighted by atomic mass is 32.1. The van der Waals surface area contributed by atoms with E-state index in [1.165, 1.54) is 11.3 Å². The highest BCUT2D eigenvalue weighted by molar-refractivity contribution is 7.09. The van der Waals surface area contributed by atoms with Crippen LogP contribution < -0.4 is 10.6 Å². The Morgan fingerprint density at radius 1 is 1.02 bits per heavy atom. The zero-order valence-electron chi connectivity index (χ0n) is 24.7. The van der Waals surface area contributed by atoms with E-state index >= 15 is 0 Å². The zero-order chi connectivity index (χ0) is 30.8. The minimum Gasteiger partial charge on any atom is -0.396 e. The van der Waals surface area contributed by atoms with Gasteiger partial charge in [-0.05, 0) is 48.2 Å². The molecule has 4 rings (SSSR count). The Kier molecular flexibility index (Phi) is 11.5. The normalized spacial score (nSPS) is 13.2. The van der Waals surface area contributed by atoms with Crippen molar-refractivity contribution in [2.75, 3.05) is 20.2 Å². The summed E-state index contributed by atoms with van der Waals surface area (Å²) in [6.07, 6.45) is 3.02. The van der Waals surface area contributed by atoms with Gasteiger partial charge in [0.05, 0.1) is 18.7 Å². The quantitative estimate of drug-likeness (QED) is 0.174. The summed E-state index contributed by atoms with van der Waals surface area (Å²) in [6, 6.07) is 17.7. The second kappa shape index (κ2) is 15.5. The molecule has 0 aliphatic rings. The molecule has 43 heavy (non-hydrogen) atoms. The SMILES string of the molecule is Cc1csc(CN(C)C(=O)c2cccc(C(=O)N[C@@H](Cc3ccccc3)[C@H](O)CNCc3cncc(C(C)CO)c3)c2)n1. The van der Waals surface area contributed by atoms with Crippen molar-refractivity contribution in [3.63, 3.8) is 0 Å². The number of pyridine rings is 1. The number of aliphatic hydroxyl groups excluding tert-OH is 2. The van der Waals surface area contributed by atoms with Gasteiger partial charge in [0.25, 0.3) is 11.8 Å². The number of hydrogen-bond acceptors (Lipinski definition) is 8. The molecule has 0 saturated heterocycles. The summed E-state index contributed by atoms with van der Waals surface area (Å²) in [5.74, 6) is -0.595. The number of aryl methyl sites for hydroxylation is 1. The second-order valence-electron chi connectivity index (χ2n) is 10.8. The van der Waals surface area contributed by atoms with Gasteiger partial charge in [-0.3, -0.25) is 14.6 Å². The Balaban J connectivity index is 1.42. The third-order valence-electron chi connectivity index (χ3n) is 7.18. The van der Waals surface area contributed by atoms with Gasteiger partial charge in [-0.1, -0.05) is 49.4 Å². The summed E-state index contributed by atoms with van der Waals surface area (Å²) in [5.41, 5.74) is 4.51. The monoisotopic (exact) mass is 601 g/mol. The van der Waals surface area contributed by atoms with Crippen molar-refractivity contribution in [1.82, 2.24) is 25.5 Å². The molecule has 2 amide bonds. The Hall–Kier alpha value is -3.96. The lowest BCUT2D eigenvalue weighted by atomic mass is 10.00. The molecule has 0 spiro atoms. The number of rotatable bonds is 14. The highest BCUT2D eigenvalue weighted by Gasteiger charge is 2.23. The fourth-order valence-corrected chi connectivity index (χ4v) is 5.48. The molecule has 0 fully saturated rings. The zero-order valence-corrected chi connectivity index (χ0v) is 25.6. The molecule has 0 radical (unpaired) electrons. The molecule has 0 bridgehead atoms. The van der Waals surface area contributed by atoms with Crippen molar-refractivity contribution in [3.05, 3.63) is 117 Å². The fraction of sp³-hybridized carbons (Fsp3) is 0.333. The van der Waals surface area contributed by atoms with E-state index in [1.807, 2.05) is 55.6 Å². The van der Waals surface area contributed by atoms with Crippen LogP contribution in [-0.4, -0.2) is 69.2 Å². The average Bonchev–Trinajstić information content (AvgIpc) is 3.44. The maximum absolute atomic E-state index is 13.4. The van der Waals surface area contributed by atoms with Crippen LogP contribution in [0.1, 0.15) is 60.9 Å². The van der Waals surface area contributed by atoms with Crippen LogP contribution in [0.5, 0.6) is 0 Å². The molecule has 0 saturated carbocycles. The minimum absolute atomic E-state index is 0.0139. The number of nitrogens with zero attached hydrogens (tertiary/aromatic N) is 3. The molecular formula is C33H39N5O4S. The number of aliphatic hydroxyl groups is 2. The van der Waals surface area contributed by atoms with Gasteiger partial charge in [-0.2, -0.15) is 0 Å². The van der Waals surface area contributed by atoms with Crippen molar-refractivity contribution < 1.29 is 19.8 Å². The number of hydrogen-bond donors (Lipinski definition) is 4. The molecule has 9 nitrogen and oxygen atoms in total. The van der Waals surface area contributed by atoms with E-state index in [0.717, 1.165) is 27.4 Å². The van der Waals surface area contributed by atoms with Crippen LogP contribution in [0.25, 0.3) is 0 Å². The Morgan fingerprint density at radius 3 is 2.51 bits per heavy atom. The molecular weight excluding hydrogens is 562 g/mol. The van der Waals surface area contributed by atoms with E-state index in [1.54, 1.807) is 48.6 Å². The summed E-state index contributed by atoms with van der Waals surface area (Å²) >= 11 is 1.51. The van der Waals surface area contributed by atoms with E-state index in [-0.39, 0.29) is 30.9 Å².